The molecule has 1 nitrogen and oxygen atoms in total. The minimum Gasteiger partial charge on any atom is -0.316 e. The topological polar surface area (TPSA) is 12.0 Å². The van der Waals surface area contributed by atoms with Gasteiger partial charge in [-0.25, -0.2) is 0 Å². The highest BCUT2D eigenvalue weighted by atomic mass is 14.9. The van der Waals surface area contributed by atoms with Crippen molar-refractivity contribution in [3.8, 4) is 0 Å². The van der Waals surface area contributed by atoms with E-state index in [0.29, 0.717) is 0 Å². The third kappa shape index (κ3) is 3.91. The molecule has 0 bridgehead atoms. The van der Waals surface area contributed by atoms with Gasteiger partial charge in [-0.15, -0.1) is 6.58 Å². The van der Waals surface area contributed by atoms with Gasteiger partial charge < -0.3 is 5.32 Å². The minimum absolute atomic E-state index is 0.884. The molecule has 1 aliphatic carbocycles. The molecular formula is C11H21N. The van der Waals surface area contributed by atoms with Gasteiger partial charge in [0, 0.05) is 0 Å². The molecule has 0 amide bonds. The quantitative estimate of drug-likeness (QED) is 0.473. The van der Waals surface area contributed by atoms with Gasteiger partial charge in [-0.3, -0.25) is 0 Å². The molecule has 0 spiro atoms. The van der Waals surface area contributed by atoms with Gasteiger partial charge in [0.1, 0.15) is 0 Å². The van der Waals surface area contributed by atoms with Crippen LogP contribution in [-0.4, -0.2) is 13.1 Å². The molecule has 0 heterocycles. The van der Waals surface area contributed by atoms with Crippen molar-refractivity contribution in [3.63, 3.8) is 0 Å². The molecule has 0 aromatic rings. The van der Waals surface area contributed by atoms with E-state index in [-0.39, 0.29) is 0 Å². The molecular weight excluding hydrogens is 146 g/mol. The predicted molar refractivity (Wildman–Crippen MR) is 54.2 cm³/mol. The van der Waals surface area contributed by atoms with Crippen LogP contribution in [0.5, 0.6) is 0 Å². The molecule has 1 fully saturated rings. The lowest BCUT2D eigenvalue weighted by Gasteiger charge is -2.10. The SMILES string of the molecule is C=C(C)CCNCC(C)C1CC1. The van der Waals surface area contributed by atoms with E-state index in [1.807, 2.05) is 0 Å². The van der Waals surface area contributed by atoms with E-state index in [2.05, 4.69) is 25.7 Å². The Kier molecular flexibility index (Phi) is 3.80. The zero-order valence-electron chi connectivity index (χ0n) is 8.40. The van der Waals surface area contributed by atoms with Crippen molar-refractivity contribution >= 4 is 0 Å². The van der Waals surface area contributed by atoms with Crippen molar-refractivity contribution < 1.29 is 0 Å². The molecule has 1 aliphatic rings. The molecule has 12 heavy (non-hydrogen) atoms. The van der Waals surface area contributed by atoms with Crippen molar-refractivity contribution in [2.24, 2.45) is 11.8 Å². The number of nitrogens with one attached hydrogen (secondary N) is 1. The van der Waals surface area contributed by atoms with E-state index in [1.54, 1.807) is 0 Å². The maximum absolute atomic E-state index is 3.88. The Morgan fingerprint density at radius 1 is 1.58 bits per heavy atom. The number of hydrogen-bond donors (Lipinski definition) is 1. The van der Waals surface area contributed by atoms with Gasteiger partial charge in [0.2, 0.25) is 0 Å². The van der Waals surface area contributed by atoms with Crippen molar-refractivity contribution in [2.45, 2.75) is 33.1 Å². The Bertz CT molecular complexity index is 147. The van der Waals surface area contributed by atoms with Crippen LogP contribution in [0.15, 0.2) is 12.2 Å². The summed E-state index contributed by atoms with van der Waals surface area (Å²) in [5.41, 5.74) is 1.28. The Hall–Kier alpha value is -0.300. The monoisotopic (exact) mass is 167 g/mol. The van der Waals surface area contributed by atoms with Gasteiger partial charge in [-0.2, -0.15) is 0 Å². The highest BCUT2D eigenvalue weighted by Crippen LogP contribution is 2.35. The van der Waals surface area contributed by atoms with E-state index in [1.165, 1.54) is 25.0 Å². The molecule has 0 aromatic carbocycles. The minimum atomic E-state index is 0.884. The molecule has 0 aromatic heterocycles. The third-order valence-corrected chi connectivity index (χ3v) is 2.62. The van der Waals surface area contributed by atoms with E-state index in [0.717, 1.165) is 24.8 Å². The van der Waals surface area contributed by atoms with Gasteiger partial charge >= 0.3 is 0 Å². The zero-order valence-corrected chi connectivity index (χ0v) is 8.40. The Morgan fingerprint density at radius 2 is 2.25 bits per heavy atom. The first-order chi connectivity index (χ1) is 5.70. The second-order valence-electron chi connectivity index (χ2n) is 4.23. The molecule has 70 valence electrons. The van der Waals surface area contributed by atoms with E-state index >= 15 is 0 Å². The average Bonchev–Trinajstić information content (AvgIpc) is 2.79. The largest absolute Gasteiger partial charge is 0.316 e. The number of hydrogen-bond acceptors (Lipinski definition) is 1. The highest BCUT2D eigenvalue weighted by molar-refractivity contribution is 4.88. The molecule has 0 radical (unpaired) electrons. The summed E-state index contributed by atoms with van der Waals surface area (Å²) < 4.78 is 0. The second-order valence-corrected chi connectivity index (χ2v) is 4.23. The molecule has 0 saturated heterocycles. The summed E-state index contributed by atoms with van der Waals surface area (Å²) in [6.07, 6.45) is 4.05. The Morgan fingerprint density at radius 3 is 2.75 bits per heavy atom. The smallest absolute Gasteiger partial charge is 0.00117 e. The summed E-state index contributed by atoms with van der Waals surface area (Å²) >= 11 is 0. The van der Waals surface area contributed by atoms with Crippen LogP contribution in [-0.2, 0) is 0 Å². The van der Waals surface area contributed by atoms with Crippen molar-refractivity contribution in [1.29, 1.82) is 0 Å². The molecule has 1 N–H and O–H groups in total. The van der Waals surface area contributed by atoms with Gasteiger partial charge in [0.25, 0.3) is 0 Å². The van der Waals surface area contributed by atoms with Crippen LogP contribution in [0.3, 0.4) is 0 Å². The Labute approximate surface area is 76.2 Å². The van der Waals surface area contributed by atoms with Crippen LogP contribution in [0.1, 0.15) is 33.1 Å². The maximum atomic E-state index is 3.88. The number of rotatable bonds is 6. The summed E-state index contributed by atoms with van der Waals surface area (Å²) in [6.45, 7) is 10.6. The van der Waals surface area contributed by atoms with Gasteiger partial charge in [-0.1, -0.05) is 12.5 Å². The van der Waals surface area contributed by atoms with Crippen molar-refractivity contribution in [1.82, 2.24) is 5.32 Å². The van der Waals surface area contributed by atoms with Gasteiger partial charge in [0.15, 0.2) is 0 Å². The lowest BCUT2D eigenvalue weighted by Crippen LogP contribution is -2.23. The van der Waals surface area contributed by atoms with Crippen LogP contribution in [0.4, 0.5) is 0 Å². The summed E-state index contributed by atoms with van der Waals surface area (Å²) in [4.78, 5) is 0. The fourth-order valence-corrected chi connectivity index (χ4v) is 1.46. The van der Waals surface area contributed by atoms with Gasteiger partial charge in [0.05, 0.1) is 0 Å². The first-order valence-electron chi connectivity index (χ1n) is 5.05. The Balaban J connectivity index is 1.90. The van der Waals surface area contributed by atoms with Crippen molar-refractivity contribution in [2.75, 3.05) is 13.1 Å². The lowest BCUT2D eigenvalue weighted by molar-refractivity contribution is 0.464. The van der Waals surface area contributed by atoms with E-state index < -0.39 is 0 Å². The predicted octanol–water partition coefficient (Wildman–Crippen LogP) is 2.59. The average molecular weight is 167 g/mol. The molecule has 1 saturated carbocycles. The molecule has 1 heteroatoms. The third-order valence-electron chi connectivity index (χ3n) is 2.62. The molecule has 0 aliphatic heterocycles. The standard InChI is InChI=1S/C11H21N/c1-9(2)6-7-12-8-10(3)11-4-5-11/h10-12H,1,4-8H2,2-3H3. The normalized spacial score (nSPS) is 19.2. The molecule has 1 unspecified atom stereocenters. The highest BCUT2D eigenvalue weighted by Gasteiger charge is 2.27. The summed E-state index contributed by atoms with van der Waals surface area (Å²) in [7, 11) is 0. The van der Waals surface area contributed by atoms with Crippen LogP contribution in [0.2, 0.25) is 0 Å². The van der Waals surface area contributed by atoms with E-state index in [4.69, 9.17) is 0 Å². The van der Waals surface area contributed by atoms with Gasteiger partial charge in [-0.05, 0) is 51.1 Å². The maximum Gasteiger partial charge on any atom is -0.00117 e. The first kappa shape index (κ1) is 9.79. The van der Waals surface area contributed by atoms with E-state index in [9.17, 15) is 0 Å². The van der Waals surface area contributed by atoms with Crippen molar-refractivity contribution in [3.05, 3.63) is 12.2 Å². The first-order valence-corrected chi connectivity index (χ1v) is 5.05. The fraction of sp³-hybridized carbons (Fsp3) is 0.818. The molecule has 1 atom stereocenters. The van der Waals surface area contributed by atoms with Crippen LogP contribution in [0.25, 0.3) is 0 Å². The van der Waals surface area contributed by atoms with Crippen LogP contribution >= 0.6 is 0 Å². The van der Waals surface area contributed by atoms with Crippen LogP contribution < -0.4 is 5.32 Å². The summed E-state index contributed by atoms with van der Waals surface area (Å²) in [5.74, 6) is 1.91. The lowest BCUT2D eigenvalue weighted by atomic mass is 10.1. The summed E-state index contributed by atoms with van der Waals surface area (Å²) in [6, 6.07) is 0. The van der Waals surface area contributed by atoms with Crippen LogP contribution in [0, 0.1) is 11.8 Å². The molecule has 1 rings (SSSR count). The fourth-order valence-electron chi connectivity index (χ4n) is 1.46. The second kappa shape index (κ2) is 4.66. The zero-order chi connectivity index (χ0) is 8.97. The summed E-state index contributed by atoms with van der Waals surface area (Å²) in [5, 5.41) is 3.48.